The minimum Gasteiger partial charge on any atom is -0.395 e. The maximum atomic E-state index is 12.4. The Balaban J connectivity index is 2.91. The van der Waals surface area contributed by atoms with Crippen LogP contribution in [-0.2, 0) is 4.79 Å². The molecule has 0 saturated carbocycles. The third kappa shape index (κ3) is 5.18. The fourth-order valence-corrected chi connectivity index (χ4v) is 2.02. The molecule has 1 N–H and O–H groups in total. The van der Waals surface area contributed by atoms with Crippen molar-refractivity contribution in [3.05, 3.63) is 29.3 Å². The smallest absolute Gasteiger partial charge is 0.241 e. The van der Waals surface area contributed by atoms with Crippen molar-refractivity contribution in [2.75, 3.05) is 38.2 Å². The predicted molar refractivity (Wildman–Crippen MR) is 83.1 cm³/mol. The van der Waals surface area contributed by atoms with Gasteiger partial charge in [-0.1, -0.05) is 6.07 Å². The van der Waals surface area contributed by atoms with Gasteiger partial charge in [0.15, 0.2) is 0 Å². The Hall–Kier alpha value is -1.90. The number of benzene rings is 1. The summed E-state index contributed by atoms with van der Waals surface area (Å²) >= 11 is 0. The molecule has 0 aliphatic rings. The molecule has 0 aliphatic carbocycles. The molecule has 0 fully saturated rings. The second-order valence-electron chi connectivity index (χ2n) is 5.18. The minimum absolute atomic E-state index is 0.0195. The van der Waals surface area contributed by atoms with Gasteiger partial charge in [-0.3, -0.25) is 9.69 Å². The number of aliphatic hydroxyl groups excluding tert-OH is 1. The van der Waals surface area contributed by atoms with Crippen LogP contribution in [0.15, 0.2) is 18.2 Å². The van der Waals surface area contributed by atoms with Crippen LogP contribution in [0.2, 0.25) is 0 Å². The van der Waals surface area contributed by atoms with Crippen LogP contribution in [0.3, 0.4) is 0 Å². The SMILES string of the molecule is Cc1ccc(N(CCC#N)C(=O)CN(C)CCO)cc1C. The Kier molecular flexibility index (Phi) is 6.86. The number of carbonyl (C=O) groups is 1. The largest absolute Gasteiger partial charge is 0.395 e. The van der Waals surface area contributed by atoms with Gasteiger partial charge in [0.05, 0.1) is 25.6 Å². The molecule has 0 aromatic heterocycles. The lowest BCUT2D eigenvalue weighted by Gasteiger charge is -2.25. The zero-order valence-corrected chi connectivity index (χ0v) is 13.0. The van der Waals surface area contributed by atoms with Gasteiger partial charge in [-0.05, 0) is 44.2 Å². The highest BCUT2D eigenvalue weighted by Crippen LogP contribution is 2.19. The van der Waals surface area contributed by atoms with Crippen molar-refractivity contribution in [2.24, 2.45) is 0 Å². The van der Waals surface area contributed by atoms with E-state index in [1.54, 1.807) is 16.8 Å². The number of hydrogen-bond donors (Lipinski definition) is 1. The maximum Gasteiger partial charge on any atom is 0.241 e. The summed E-state index contributed by atoms with van der Waals surface area (Å²) < 4.78 is 0. The molecule has 1 rings (SSSR count). The van der Waals surface area contributed by atoms with Gasteiger partial charge in [-0.15, -0.1) is 0 Å². The standard InChI is InChI=1S/C16H23N3O2/c1-13-5-6-15(11-14(13)2)19(8-4-7-17)16(21)12-18(3)9-10-20/h5-6,11,20H,4,8-10,12H2,1-3H3. The van der Waals surface area contributed by atoms with Crippen molar-refractivity contribution in [2.45, 2.75) is 20.3 Å². The third-order valence-electron chi connectivity index (χ3n) is 3.44. The van der Waals surface area contributed by atoms with Crippen molar-refractivity contribution in [3.8, 4) is 6.07 Å². The first-order valence-electron chi connectivity index (χ1n) is 7.03. The first-order chi connectivity index (χ1) is 9.99. The van der Waals surface area contributed by atoms with E-state index in [9.17, 15) is 4.79 Å². The number of anilines is 1. The van der Waals surface area contributed by atoms with Gasteiger partial charge in [-0.25, -0.2) is 0 Å². The summed E-state index contributed by atoms with van der Waals surface area (Å²) in [5, 5.41) is 17.7. The second kappa shape index (κ2) is 8.40. The van der Waals surface area contributed by atoms with E-state index in [1.807, 2.05) is 32.0 Å². The number of aliphatic hydroxyl groups is 1. The number of amides is 1. The van der Waals surface area contributed by atoms with E-state index >= 15 is 0 Å². The average molecular weight is 289 g/mol. The van der Waals surface area contributed by atoms with Crippen LogP contribution in [0.1, 0.15) is 17.5 Å². The Morgan fingerprint density at radius 1 is 1.29 bits per heavy atom. The molecule has 1 aromatic carbocycles. The number of aryl methyl sites for hydroxylation is 2. The molecule has 0 unspecified atom stereocenters. The van der Waals surface area contributed by atoms with E-state index in [2.05, 4.69) is 6.07 Å². The fraction of sp³-hybridized carbons (Fsp3) is 0.500. The molecule has 0 saturated heterocycles. The summed E-state index contributed by atoms with van der Waals surface area (Å²) in [4.78, 5) is 15.8. The molecule has 1 amide bonds. The fourth-order valence-electron chi connectivity index (χ4n) is 2.02. The number of nitrogens with zero attached hydrogens (tertiary/aromatic N) is 3. The highest BCUT2D eigenvalue weighted by molar-refractivity contribution is 5.94. The zero-order valence-electron chi connectivity index (χ0n) is 13.0. The van der Waals surface area contributed by atoms with E-state index in [1.165, 1.54) is 5.56 Å². The number of nitriles is 1. The lowest BCUT2D eigenvalue weighted by Crippen LogP contribution is -2.40. The zero-order chi connectivity index (χ0) is 15.8. The maximum absolute atomic E-state index is 12.4. The molecule has 0 atom stereocenters. The Morgan fingerprint density at radius 2 is 2.00 bits per heavy atom. The van der Waals surface area contributed by atoms with Gasteiger partial charge in [0.25, 0.3) is 0 Å². The van der Waals surface area contributed by atoms with Crippen LogP contribution >= 0.6 is 0 Å². The van der Waals surface area contributed by atoms with Crippen LogP contribution in [-0.4, -0.2) is 49.2 Å². The number of hydrogen-bond acceptors (Lipinski definition) is 4. The molecule has 5 nitrogen and oxygen atoms in total. The molecule has 5 heteroatoms. The Bertz CT molecular complexity index is 523. The van der Waals surface area contributed by atoms with Gasteiger partial charge in [0.1, 0.15) is 0 Å². The molecule has 0 bridgehead atoms. The van der Waals surface area contributed by atoms with Crippen molar-refractivity contribution < 1.29 is 9.90 Å². The monoisotopic (exact) mass is 289 g/mol. The third-order valence-corrected chi connectivity index (χ3v) is 3.44. The summed E-state index contributed by atoms with van der Waals surface area (Å²) in [7, 11) is 1.79. The molecule has 21 heavy (non-hydrogen) atoms. The van der Waals surface area contributed by atoms with Gasteiger partial charge < -0.3 is 10.0 Å². The number of carbonyl (C=O) groups excluding carboxylic acids is 1. The summed E-state index contributed by atoms with van der Waals surface area (Å²) in [6.45, 7) is 5.10. The van der Waals surface area contributed by atoms with Crippen molar-refractivity contribution in [3.63, 3.8) is 0 Å². The average Bonchev–Trinajstić information content (AvgIpc) is 2.43. The number of likely N-dealkylation sites (N-methyl/N-ethyl adjacent to an activating group) is 1. The summed E-state index contributed by atoms with van der Waals surface area (Å²) in [6, 6.07) is 7.94. The second-order valence-corrected chi connectivity index (χ2v) is 5.18. The Labute approximate surface area is 126 Å². The van der Waals surface area contributed by atoms with Crippen LogP contribution in [0.25, 0.3) is 0 Å². The van der Waals surface area contributed by atoms with E-state index in [0.29, 0.717) is 19.5 Å². The van der Waals surface area contributed by atoms with E-state index < -0.39 is 0 Å². The highest BCUT2D eigenvalue weighted by Gasteiger charge is 2.17. The lowest BCUT2D eigenvalue weighted by atomic mass is 10.1. The highest BCUT2D eigenvalue weighted by atomic mass is 16.3. The van der Waals surface area contributed by atoms with Crippen molar-refractivity contribution in [1.82, 2.24) is 4.90 Å². The molecule has 0 aliphatic heterocycles. The van der Waals surface area contributed by atoms with Crippen molar-refractivity contribution in [1.29, 1.82) is 5.26 Å². The molecule has 0 spiro atoms. The van der Waals surface area contributed by atoms with E-state index in [4.69, 9.17) is 10.4 Å². The summed E-state index contributed by atoms with van der Waals surface area (Å²) in [5.41, 5.74) is 3.10. The van der Waals surface area contributed by atoms with E-state index in [-0.39, 0.29) is 19.1 Å². The van der Waals surface area contributed by atoms with Crippen LogP contribution < -0.4 is 4.90 Å². The molecule has 1 aromatic rings. The topological polar surface area (TPSA) is 67.6 Å². The molecule has 114 valence electrons. The quantitative estimate of drug-likeness (QED) is 0.825. The molecular formula is C16H23N3O2. The van der Waals surface area contributed by atoms with Crippen LogP contribution in [0, 0.1) is 25.2 Å². The van der Waals surface area contributed by atoms with Gasteiger partial charge >= 0.3 is 0 Å². The molecule has 0 heterocycles. The normalized spacial score (nSPS) is 10.5. The predicted octanol–water partition coefficient (Wildman–Crippen LogP) is 1.47. The van der Waals surface area contributed by atoms with Gasteiger partial charge in [0, 0.05) is 18.8 Å². The van der Waals surface area contributed by atoms with Crippen LogP contribution in [0.4, 0.5) is 5.69 Å². The van der Waals surface area contributed by atoms with Crippen molar-refractivity contribution >= 4 is 11.6 Å². The summed E-state index contributed by atoms with van der Waals surface area (Å²) in [5.74, 6) is -0.0653. The van der Waals surface area contributed by atoms with E-state index in [0.717, 1.165) is 11.3 Å². The Morgan fingerprint density at radius 3 is 2.57 bits per heavy atom. The summed E-state index contributed by atoms with van der Waals surface area (Å²) in [6.07, 6.45) is 0.294. The van der Waals surface area contributed by atoms with Gasteiger partial charge in [-0.2, -0.15) is 5.26 Å². The number of rotatable bonds is 7. The molecule has 0 radical (unpaired) electrons. The lowest BCUT2D eigenvalue weighted by molar-refractivity contribution is -0.119. The van der Waals surface area contributed by atoms with Gasteiger partial charge in [0.2, 0.25) is 5.91 Å². The first-order valence-corrected chi connectivity index (χ1v) is 7.03. The first kappa shape index (κ1) is 17.2. The molecular weight excluding hydrogens is 266 g/mol. The van der Waals surface area contributed by atoms with Crippen LogP contribution in [0.5, 0.6) is 0 Å². The minimum atomic E-state index is -0.0653.